The number of nitrogens with zero attached hydrogens (tertiary/aromatic N) is 2. The molecule has 0 fully saturated rings. The summed E-state index contributed by atoms with van der Waals surface area (Å²) < 4.78 is 37.2. The Morgan fingerprint density at radius 1 is 1.53 bits per heavy atom. The standard InChI is InChI=1S/C7H8F3IN4/c1-3(11)14-5-4(7(8,9)10)2-13-6(12)15-5/h2-3H,1H3,(H3,12,13,14,15). The quantitative estimate of drug-likeness (QED) is 0.495. The highest BCUT2D eigenvalue weighted by Gasteiger charge is 2.35. The molecule has 1 rings (SSSR count). The predicted octanol–water partition coefficient (Wildman–Crippen LogP) is 2.27. The lowest BCUT2D eigenvalue weighted by Crippen LogP contribution is -2.17. The molecule has 84 valence electrons. The fourth-order valence-electron chi connectivity index (χ4n) is 0.901. The summed E-state index contributed by atoms with van der Waals surface area (Å²) in [5, 5.41) is 2.56. The van der Waals surface area contributed by atoms with Crippen LogP contribution in [-0.4, -0.2) is 14.0 Å². The fourth-order valence-corrected chi connectivity index (χ4v) is 1.20. The molecule has 1 heterocycles. The van der Waals surface area contributed by atoms with E-state index in [9.17, 15) is 13.2 Å². The van der Waals surface area contributed by atoms with Gasteiger partial charge in [0, 0.05) is 6.20 Å². The molecule has 1 atom stereocenters. The van der Waals surface area contributed by atoms with Crippen molar-refractivity contribution in [1.29, 1.82) is 0 Å². The molecule has 0 bridgehead atoms. The summed E-state index contributed by atoms with van der Waals surface area (Å²) in [7, 11) is 0. The molecule has 0 spiro atoms. The van der Waals surface area contributed by atoms with Gasteiger partial charge >= 0.3 is 6.18 Å². The zero-order chi connectivity index (χ0) is 11.6. The molecule has 0 aliphatic rings. The van der Waals surface area contributed by atoms with Gasteiger partial charge in [0.1, 0.15) is 11.4 Å². The average molecular weight is 332 g/mol. The van der Waals surface area contributed by atoms with Gasteiger partial charge in [-0.1, -0.05) is 22.6 Å². The minimum atomic E-state index is -4.48. The first kappa shape index (κ1) is 12.3. The molecule has 1 aromatic heterocycles. The SMILES string of the molecule is CC(I)Nc1nc(N)ncc1C(F)(F)F. The lowest BCUT2D eigenvalue weighted by Gasteiger charge is -2.14. The van der Waals surface area contributed by atoms with Crippen molar-refractivity contribution in [2.45, 2.75) is 17.1 Å². The molecule has 0 amide bonds. The molecular formula is C7H8F3IN4. The second kappa shape index (κ2) is 4.37. The third kappa shape index (κ3) is 3.36. The number of nitrogen functional groups attached to an aromatic ring is 1. The van der Waals surface area contributed by atoms with Gasteiger partial charge in [-0.05, 0) is 6.92 Å². The summed E-state index contributed by atoms with van der Waals surface area (Å²) in [4.78, 5) is 6.83. The van der Waals surface area contributed by atoms with Gasteiger partial charge in [-0.3, -0.25) is 0 Å². The highest BCUT2D eigenvalue weighted by atomic mass is 127. The average Bonchev–Trinajstić information content (AvgIpc) is 1.99. The molecule has 0 radical (unpaired) electrons. The summed E-state index contributed by atoms with van der Waals surface area (Å²) >= 11 is 1.92. The maximum Gasteiger partial charge on any atom is 0.421 e. The van der Waals surface area contributed by atoms with Gasteiger partial charge in [0.05, 0.1) is 4.05 Å². The van der Waals surface area contributed by atoms with E-state index in [0.29, 0.717) is 6.20 Å². The van der Waals surface area contributed by atoms with Crippen molar-refractivity contribution in [3.05, 3.63) is 11.8 Å². The number of nitrogens with one attached hydrogen (secondary N) is 1. The van der Waals surface area contributed by atoms with E-state index in [-0.39, 0.29) is 15.8 Å². The van der Waals surface area contributed by atoms with Gasteiger partial charge in [0.25, 0.3) is 0 Å². The maximum atomic E-state index is 12.5. The van der Waals surface area contributed by atoms with Gasteiger partial charge in [0.15, 0.2) is 0 Å². The third-order valence-corrected chi connectivity index (χ3v) is 1.76. The number of anilines is 2. The normalized spacial score (nSPS) is 13.7. The Kier molecular flexibility index (Phi) is 3.58. The Labute approximate surface area is 97.6 Å². The van der Waals surface area contributed by atoms with Crippen molar-refractivity contribution >= 4 is 34.4 Å². The molecule has 15 heavy (non-hydrogen) atoms. The van der Waals surface area contributed by atoms with Crippen molar-refractivity contribution in [3.63, 3.8) is 0 Å². The summed E-state index contributed by atoms with van der Waals surface area (Å²) in [6.45, 7) is 1.69. The second-order valence-corrected chi connectivity index (χ2v) is 4.62. The number of aromatic nitrogens is 2. The van der Waals surface area contributed by atoms with Crippen LogP contribution in [0.3, 0.4) is 0 Å². The molecule has 0 saturated heterocycles. The van der Waals surface area contributed by atoms with Crippen molar-refractivity contribution in [1.82, 2.24) is 9.97 Å². The number of nitrogens with two attached hydrogens (primary N) is 1. The molecule has 0 aliphatic heterocycles. The number of alkyl halides is 4. The Hall–Kier alpha value is -0.800. The highest BCUT2D eigenvalue weighted by Crippen LogP contribution is 2.33. The van der Waals surface area contributed by atoms with Crippen LogP contribution in [0.4, 0.5) is 24.9 Å². The fraction of sp³-hybridized carbons (Fsp3) is 0.429. The van der Waals surface area contributed by atoms with Gasteiger partial charge in [-0.2, -0.15) is 18.2 Å². The molecule has 0 saturated carbocycles. The van der Waals surface area contributed by atoms with E-state index >= 15 is 0 Å². The Morgan fingerprint density at radius 2 is 2.13 bits per heavy atom. The van der Waals surface area contributed by atoms with Gasteiger partial charge in [0.2, 0.25) is 5.95 Å². The largest absolute Gasteiger partial charge is 0.421 e. The van der Waals surface area contributed by atoms with Crippen LogP contribution in [0.5, 0.6) is 0 Å². The number of hydrogen-bond acceptors (Lipinski definition) is 4. The van der Waals surface area contributed by atoms with Crippen molar-refractivity contribution < 1.29 is 13.2 Å². The van der Waals surface area contributed by atoms with Crippen LogP contribution in [0.2, 0.25) is 0 Å². The summed E-state index contributed by atoms with van der Waals surface area (Å²) in [6.07, 6.45) is -3.81. The summed E-state index contributed by atoms with van der Waals surface area (Å²) in [6, 6.07) is 0. The second-order valence-electron chi connectivity index (χ2n) is 2.75. The Morgan fingerprint density at radius 3 is 2.60 bits per heavy atom. The van der Waals surface area contributed by atoms with Crippen molar-refractivity contribution in [3.8, 4) is 0 Å². The van der Waals surface area contributed by atoms with Gasteiger partial charge in [-0.15, -0.1) is 0 Å². The van der Waals surface area contributed by atoms with Crippen LogP contribution in [0.25, 0.3) is 0 Å². The molecule has 1 aromatic rings. The highest BCUT2D eigenvalue weighted by molar-refractivity contribution is 14.1. The zero-order valence-electron chi connectivity index (χ0n) is 7.64. The van der Waals surface area contributed by atoms with Gasteiger partial charge < -0.3 is 11.1 Å². The molecular weight excluding hydrogens is 324 g/mol. The topological polar surface area (TPSA) is 63.8 Å². The van der Waals surface area contributed by atoms with E-state index in [4.69, 9.17) is 5.73 Å². The van der Waals surface area contributed by atoms with Crippen molar-refractivity contribution in [2.75, 3.05) is 11.1 Å². The van der Waals surface area contributed by atoms with Crippen LogP contribution in [0.1, 0.15) is 12.5 Å². The smallest absolute Gasteiger partial charge is 0.368 e. The van der Waals surface area contributed by atoms with E-state index in [1.54, 1.807) is 6.92 Å². The molecule has 8 heteroatoms. The predicted molar refractivity (Wildman–Crippen MR) is 58.6 cm³/mol. The summed E-state index contributed by atoms with van der Waals surface area (Å²) in [5.41, 5.74) is 4.30. The first-order valence-corrected chi connectivity index (χ1v) is 5.15. The van der Waals surface area contributed by atoms with Crippen LogP contribution >= 0.6 is 22.6 Å². The summed E-state index contributed by atoms with van der Waals surface area (Å²) in [5.74, 6) is -0.487. The van der Waals surface area contributed by atoms with E-state index in [1.165, 1.54) is 0 Å². The Balaban J connectivity index is 3.15. The van der Waals surface area contributed by atoms with Crippen LogP contribution in [-0.2, 0) is 6.18 Å². The molecule has 4 nitrogen and oxygen atoms in total. The van der Waals surface area contributed by atoms with Crippen molar-refractivity contribution in [2.24, 2.45) is 0 Å². The first-order chi connectivity index (χ1) is 6.80. The molecule has 1 unspecified atom stereocenters. The molecule has 0 aromatic carbocycles. The number of halogens is 4. The Bertz CT molecular complexity index is 353. The first-order valence-electron chi connectivity index (χ1n) is 3.91. The maximum absolute atomic E-state index is 12.5. The number of rotatable bonds is 2. The minimum absolute atomic E-state index is 0.192. The third-order valence-electron chi connectivity index (χ3n) is 1.45. The van der Waals surface area contributed by atoms with Crippen LogP contribution in [0, 0.1) is 0 Å². The molecule has 3 N–H and O–H groups in total. The van der Waals surface area contributed by atoms with E-state index in [0.717, 1.165) is 0 Å². The monoisotopic (exact) mass is 332 g/mol. The number of hydrogen-bond donors (Lipinski definition) is 2. The van der Waals surface area contributed by atoms with Gasteiger partial charge in [-0.25, -0.2) is 4.98 Å². The van der Waals surface area contributed by atoms with Crippen LogP contribution < -0.4 is 11.1 Å². The lowest BCUT2D eigenvalue weighted by molar-refractivity contribution is -0.137. The van der Waals surface area contributed by atoms with Crippen LogP contribution in [0.15, 0.2) is 6.20 Å². The van der Waals surface area contributed by atoms with E-state index in [1.807, 2.05) is 22.6 Å². The van der Waals surface area contributed by atoms with E-state index < -0.39 is 11.7 Å². The van der Waals surface area contributed by atoms with E-state index in [2.05, 4.69) is 15.3 Å². The lowest BCUT2D eigenvalue weighted by atomic mass is 10.3. The minimum Gasteiger partial charge on any atom is -0.368 e. The molecule has 0 aliphatic carbocycles. The zero-order valence-corrected chi connectivity index (χ0v) is 9.80.